The normalized spacial score (nSPS) is 20.1. The van der Waals surface area contributed by atoms with Crippen molar-refractivity contribution in [2.75, 3.05) is 36.0 Å². The fourth-order valence-corrected chi connectivity index (χ4v) is 5.17. The van der Waals surface area contributed by atoms with Gasteiger partial charge in [0.2, 0.25) is 5.95 Å². The third-order valence-electron chi connectivity index (χ3n) is 6.26. The number of piperazine rings is 1. The topological polar surface area (TPSA) is 77.2 Å². The van der Waals surface area contributed by atoms with Crippen molar-refractivity contribution in [3.63, 3.8) is 0 Å². The third-order valence-corrected chi connectivity index (χ3v) is 6.70. The number of benzene rings is 2. The number of carbonyl (C=O) groups excluding carboxylic acids is 1. The van der Waals surface area contributed by atoms with Crippen LogP contribution in [0.1, 0.15) is 18.1 Å². The first kappa shape index (κ1) is 21.8. The van der Waals surface area contributed by atoms with Gasteiger partial charge in [0.1, 0.15) is 11.4 Å². The van der Waals surface area contributed by atoms with Gasteiger partial charge in [-0.2, -0.15) is 5.26 Å². The van der Waals surface area contributed by atoms with Crippen LogP contribution in [0.15, 0.2) is 48.7 Å². The number of amides is 1. The summed E-state index contributed by atoms with van der Waals surface area (Å²) in [5, 5.41) is 13.4. The van der Waals surface area contributed by atoms with E-state index in [9.17, 15) is 4.79 Å². The number of hydrogen-bond donors (Lipinski definition) is 1. The predicted molar refractivity (Wildman–Crippen MR) is 129 cm³/mol. The number of halogens is 2. The van der Waals surface area contributed by atoms with Gasteiger partial charge in [0, 0.05) is 42.6 Å². The maximum Gasteiger partial charge on any atom is 0.260 e. The van der Waals surface area contributed by atoms with Crippen LogP contribution in [0.4, 0.5) is 17.5 Å². The number of carbonyl (C=O) groups is 1. The molecule has 2 aliphatic rings. The minimum absolute atomic E-state index is 0.107. The molecule has 5 rings (SSSR count). The summed E-state index contributed by atoms with van der Waals surface area (Å²) in [5.41, 5.74) is 1.21. The average molecular weight is 481 g/mol. The van der Waals surface area contributed by atoms with Gasteiger partial charge >= 0.3 is 0 Å². The Labute approximate surface area is 202 Å². The van der Waals surface area contributed by atoms with Crippen LogP contribution in [0, 0.1) is 11.3 Å². The SMILES string of the molecule is C[C@@]1(Cc2ccc(C#N)cc2)C(=O)N(c2cc(Cl)cc(Cl)c2)c2ncc(N3CCNCC3)n21. The Balaban J connectivity index is 1.63. The summed E-state index contributed by atoms with van der Waals surface area (Å²) in [4.78, 5) is 22.6. The Kier molecular flexibility index (Phi) is 5.53. The number of rotatable bonds is 4. The molecule has 1 fully saturated rings. The molecule has 0 radical (unpaired) electrons. The molecule has 3 aromatic rings. The van der Waals surface area contributed by atoms with E-state index in [1.54, 1.807) is 35.2 Å². The van der Waals surface area contributed by atoms with Gasteiger partial charge in [-0.15, -0.1) is 0 Å². The van der Waals surface area contributed by atoms with Gasteiger partial charge in [0.15, 0.2) is 0 Å². The highest BCUT2D eigenvalue weighted by Crippen LogP contribution is 2.45. The quantitative estimate of drug-likeness (QED) is 0.607. The van der Waals surface area contributed by atoms with Crippen molar-refractivity contribution in [3.8, 4) is 6.07 Å². The molecule has 9 heteroatoms. The molecule has 1 saturated heterocycles. The van der Waals surface area contributed by atoms with Crippen LogP contribution in [-0.2, 0) is 16.8 Å². The molecule has 1 amide bonds. The van der Waals surface area contributed by atoms with Gasteiger partial charge in [-0.1, -0.05) is 35.3 Å². The first-order valence-electron chi connectivity index (χ1n) is 10.7. The highest BCUT2D eigenvalue weighted by molar-refractivity contribution is 6.35. The molecular weight excluding hydrogens is 459 g/mol. The van der Waals surface area contributed by atoms with Crippen molar-refractivity contribution in [1.29, 1.82) is 5.26 Å². The molecule has 1 aromatic heterocycles. The summed E-state index contributed by atoms with van der Waals surface area (Å²) < 4.78 is 2.04. The molecule has 0 unspecified atom stereocenters. The molecule has 0 aliphatic carbocycles. The standard InChI is InChI=1S/C24H22Cl2N6O/c1-24(13-16-2-4-17(14-27)5-3-16)22(33)31(20-11-18(25)10-19(26)12-20)23-29-15-21(32(23)24)30-8-6-28-7-9-30/h2-5,10-12,15,28H,6-9,13H2,1H3/t24-/m1/s1. The van der Waals surface area contributed by atoms with Gasteiger partial charge in [-0.3, -0.25) is 9.36 Å². The van der Waals surface area contributed by atoms with Crippen LogP contribution in [-0.4, -0.2) is 41.6 Å². The zero-order valence-electron chi connectivity index (χ0n) is 18.1. The Morgan fingerprint density at radius 3 is 2.42 bits per heavy atom. The smallest absolute Gasteiger partial charge is 0.260 e. The minimum atomic E-state index is -0.922. The lowest BCUT2D eigenvalue weighted by Crippen LogP contribution is -2.47. The van der Waals surface area contributed by atoms with Crippen LogP contribution in [0.25, 0.3) is 0 Å². The van der Waals surface area contributed by atoms with E-state index in [-0.39, 0.29) is 5.91 Å². The van der Waals surface area contributed by atoms with Crippen LogP contribution >= 0.6 is 23.2 Å². The van der Waals surface area contributed by atoms with Crippen LogP contribution in [0.5, 0.6) is 0 Å². The molecule has 33 heavy (non-hydrogen) atoms. The Hall–Kier alpha value is -3.05. The highest BCUT2D eigenvalue weighted by atomic mass is 35.5. The molecule has 2 aliphatic heterocycles. The number of nitriles is 1. The minimum Gasteiger partial charge on any atom is -0.354 e. The fraction of sp³-hybridized carbons (Fsp3) is 0.292. The average Bonchev–Trinajstić information content (AvgIpc) is 3.32. The zero-order chi connectivity index (χ0) is 23.2. The summed E-state index contributed by atoms with van der Waals surface area (Å²) in [7, 11) is 0. The summed E-state index contributed by atoms with van der Waals surface area (Å²) in [6.07, 6.45) is 2.29. The molecular formula is C24H22Cl2N6O. The second-order valence-corrected chi connectivity index (χ2v) is 9.39. The second-order valence-electron chi connectivity index (χ2n) is 8.52. The number of anilines is 3. The van der Waals surface area contributed by atoms with Crippen LogP contribution in [0.2, 0.25) is 10.0 Å². The first-order chi connectivity index (χ1) is 15.9. The summed E-state index contributed by atoms with van der Waals surface area (Å²) in [5.74, 6) is 1.35. The van der Waals surface area contributed by atoms with Gasteiger partial charge in [-0.05, 0) is 42.8 Å². The van der Waals surface area contributed by atoms with E-state index in [1.807, 2.05) is 29.8 Å². The first-order valence-corrected chi connectivity index (χ1v) is 11.5. The largest absolute Gasteiger partial charge is 0.354 e. The van der Waals surface area contributed by atoms with Crippen LogP contribution in [0.3, 0.4) is 0 Å². The molecule has 168 valence electrons. The van der Waals surface area contributed by atoms with Crippen molar-refractivity contribution in [3.05, 3.63) is 69.8 Å². The number of hydrogen-bond acceptors (Lipinski definition) is 5. The third kappa shape index (κ3) is 3.74. The van der Waals surface area contributed by atoms with Gasteiger partial charge in [-0.25, -0.2) is 9.88 Å². The monoisotopic (exact) mass is 480 g/mol. The van der Waals surface area contributed by atoms with E-state index in [1.165, 1.54) is 0 Å². The number of nitrogens with zero attached hydrogens (tertiary/aromatic N) is 5. The summed E-state index contributed by atoms with van der Waals surface area (Å²) >= 11 is 12.5. The van der Waals surface area contributed by atoms with Crippen LogP contribution < -0.4 is 15.1 Å². The summed E-state index contributed by atoms with van der Waals surface area (Å²) in [6, 6.07) is 14.6. The van der Waals surface area contributed by atoms with Gasteiger partial charge in [0.05, 0.1) is 23.5 Å². The van der Waals surface area contributed by atoms with Crippen molar-refractivity contribution in [2.45, 2.75) is 18.9 Å². The maximum absolute atomic E-state index is 14.0. The predicted octanol–water partition coefficient (Wildman–Crippen LogP) is 4.11. The number of aromatic nitrogens is 2. The highest BCUT2D eigenvalue weighted by Gasteiger charge is 2.51. The fourth-order valence-electron chi connectivity index (χ4n) is 4.66. The Morgan fingerprint density at radius 1 is 1.12 bits per heavy atom. The van der Waals surface area contributed by atoms with E-state index in [0.717, 1.165) is 37.6 Å². The lowest BCUT2D eigenvalue weighted by Gasteiger charge is -2.33. The van der Waals surface area contributed by atoms with E-state index >= 15 is 0 Å². The molecule has 3 heterocycles. The number of imidazole rings is 1. The lowest BCUT2D eigenvalue weighted by molar-refractivity contribution is -0.123. The molecule has 0 bridgehead atoms. The molecule has 0 saturated carbocycles. The van der Waals surface area contributed by atoms with Crippen molar-refractivity contribution < 1.29 is 4.79 Å². The maximum atomic E-state index is 14.0. The number of nitrogens with one attached hydrogen (secondary N) is 1. The molecule has 1 atom stereocenters. The van der Waals surface area contributed by atoms with Crippen molar-refractivity contribution in [2.24, 2.45) is 0 Å². The molecule has 7 nitrogen and oxygen atoms in total. The molecule has 0 spiro atoms. The Morgan fingerprint density at radius 2 is 1.79 bits per heavy atom. The molecule has 2 aromatic carbocycles. The van der Waals surface area contributed by atoms with Crippen molar-refractivity contribution >= 4 is 46.6 Å². The van der Waals surface area contributed by atoms with E-state index in [4.69, 9.17) is 28.5 Å². The van der Waals surface area contributed by atoms with E-state index in [2.05, 4.69) is 21.3 Å². The number of fused-ring (bicyclic) bond motifs is 1. The molecule has 1 N–H and O–H groups in total. The lowest BCUT2D eigenvalue weighted by atomic mass is 9.91. The van der Waals surface area contributed by atoms with E-state index < -0.39 is 5.54 Å². The Bertz CT molecular complexity index is 1240. The van der Waals surface area contributed by atoms with Crippen molar-refractivity contribution in [1.82, 2.24) is 14.9 Å². The van der Waals surface area contributed by atoms with Gasteiger partial charge < -0.3 is 10.2 Å². The summed E-state index contributed by atoms with van der Waals surface area (Å²) in [6.45, 7) is 5.34. The second kappa shape index (κ2) is 8.38. The zero-order valence-corrected chi connectivity index (χ0v) is 19.6. The van der Waals surface area contributed by atoms with Gasteiger partial charge in [0.25, 0.3) is 5.91 Å². The van der Waals surface area contributed by atoms with E-state index in [0.29, 0.717) is 33.7 Å².